The Kier molecular flexibility index (Phi) is 16.1. The summed E-state index contributed by atoms with van der Waals surface area (Å²) in [6, 6.07) is 5.72. The van der Waals surface area contributed by atoms with Crippen LogP contribution in [0.1, 0.15) is 61.1 Å². The first kappa shape index (κ1) is 50.2. The average molecular weight is 1020 g/mol. The number of ether oxygens (including phenoxy) is 4. The van der Waals surface area contributed by atoms with E-state index in [0.717, 1.165) is 66.3 Å². The Morgan fingerprint density at radius 2 is 1.71 bits per heavy atom. The van der Waals surface area contributed by atoms with Crippen molar-refractivity contribution in [2.75, 3.05) is 51.8 Å². The molecule has 2 aliphatic heterocycles. The maximum absolute atomic E-state index is 13.8. The lowest BCUT2D eigenvalue weighted by Gasteiger charge is -2.50. The van der Waals surface area contributed by atoms with Gasteiger partial charge in [-0.1, -0.05) is 17.3 Å². The predicted octanol–water partition coefficient (Wildman–Crippen LogP) is 0.184. The number of nitrogens with one attached hydrogen (secondary N) is 2. The third kappa shape index (κ3) is 14.0. The lowest BCUT2D eigenvalue weighted by molar-refractivity contribution is -0.917. The van der Waals surface area contributed by atoms with Gasteiger partial charge in [0.2, 0.25) is 0 Å². The highest BCUT2D eigenvalue weighted by Crippen LogP contribution is 2.33. The Hall–Kier alpha value is -4.47. The van der Waals surface area contributed by atoms with Gasteiger partial charge in [0, 0.05) is 17.1 Å². The first-order valence-corrected chi connectivity index (χ1v) is 21.5. The van der Waals surface area contributed by atoms with Crippen LogP contribution in [-0.2, 0) is 54.7 Å². The van der Waals surface area contributed by atoms with Gasteiger partial charge in [-0.3, -0.25) is 24.1 Å². The summed E-state index contributed by atoms with van der Waals surface area (Å²) in [6.07, 6.45) is 1.39. The number of β-lactam (4-membered cyclic amide) rings is 1. The van der Waals surface area contributed by atoms with Gasteiger partial charge in [-0.25, -0.2) is 14.6 Å². The minimum absolute atomic E-state index is 0. The number of quaternary nitrogens is 1. The predicted molar refractivity (Wildman–Crippen MR) is 219 cm³/mol. The van der Waals surface area contributed by atoms with Crippen molar-refractivity contribution in [2.24, 2.45) is 5.16 Å². The lowest BCUT2D eigenvalue weighted by Crippen LogP contribution is -3.00. The molecule has 0 radical (unpaired) electrons. The van der Waals surface area contributed by atoms with Crippen LogP contribution in [0.2, 0.25) is 0 Å². The van der Waals surface area contributed by atoms with Crippen molar-refractivity contribution < 1.29 is 88.7 Å². The second-order valence-corrected chi connectivity index (χ2v) is 19.0. The number of halogens is 1. The summed E-state index contributed by atoms with van der Waals surface area (Å²) < 4.78 is 61.3. The van der Waals surface area contributed by atoms with Crippen LogP contribution in [0.15, 0.2) is 47.2 Å². The van der Waals surface area contributed by atoms with E-state index in [1.165, 1.54) is 19.2 Å². The molecule has 2 fully saturated rings. The van der Waals surface area contributed by atoms with E-state index in [-0.39, 0.29) is 34.8 Å². The van der Waals surface area contributed by atoms with Crippen molar-refractivity contribution in [3.8, 4) is 16.9 Å². The number of hydroxylamine groups is 2. The van der Waals surface area contributed by atoms with Gasteiger partial charge in [0.15, 0.2) is 10.8 Å². The van der Waals surface area contributed by atoms with Gasteiger partial charge >= 0.3 is 22.5 Å². The van der Waals surface area contributed by atoms with Crippen LogP contribution in [0, 0.1) is 0 Å². The molecule has 5 rings (SSSR count). The maximum atomic E-state index is 13.8. The van der Waals surface area contributed by atoms with Crippen molar-refractivity contribution in [2.45, 2.75) is 90.8 Å². The molecule has 342 valence electrons. The molecule has 2 aliphatic rings. The second-order valence-electron chi connectivity index (χ2n) is 17.2. The number of oxime groups is 1. The minimum atomic E-state index is -5.07. The average Bonchev–Trinajstić information content (AvgIpc) is 3.82. The Morgan fingerprint density at radius 3 is 2.31 bits per heavy atom. The van der Waals surface area contributed by atoms with Gasteiger partial charge in [0.1, 0.15) is 48.4 Å². The van der Waals surface area contributed by atoms with Crippen LogP contribution in [0.25, 0.3) is 11.1 Å². The molecule has 3 amide bonds. The summed E-state index contributed by atoms with van der Waals surface area (Å²) in [7, 11) is -2.85. The summed E-state index contributed by atoms with van der Waals surface area (Å²) in [5.41, 5.74) is -2.17. The zero-order valence-electron chi connectivity index (χ0n) is 35.9. The largest absolute Gasteiger partial charge is 1.00 e. The zero-order valence-corrected chi connectivity index (χ0v) is 39.7. The van der Waals surface area contributed by atoms with E-state index in [1.54, 1.807) is 59.9 Å². The van der Waals surface area contributed by atoms with Crippen LogP contribution in [-0.4, -0.2) is 142 Å². The molecule has 3 aromatic rings. The van der Waals surface area contributed by atoms with Crippen molar-refractivity contribution in [3.63, 3.8) is 0 Å². The van der Waals surface area contributed by atoms with Crippen LogP contribution < -0.4 is 39.3 Å². The number of morpholine rings is 1. The van der Waals surface area contributed by atoms with Crippen molar-refractivity contribution in [3.05, 3.63) is 47.7 Å². The molecule has 0 spiro atoms. The van der Waals surface area contributed by atoms with Crippen molar-refractivity contribution in [1.29, 1.82) is 0 Å². The molecule has 21 nitrogen and oxygen atoms in total. The summed E-state index contributed by atoms with van der Waals surface area (Å²) in [4.78, 5) is 62.5. The molecule has 24 heteroatoms. The zero-order chi connectivity index (χ0) is 45.0. The normalized spacial score (nSPS) is 18.1. The van der Waals surface area contributed by atoms with E-state index in [4.69, 9.17) is 28.3 Å². The van der Waals surface area contributed by atoms with E-state index in [0.29, 0.717) is 10.8 Å². The fourth-order valence-electron chi connectivity index (χ4n) is 5.98. The highest BCUT2D eigenvalue weighted by Gasteiger charge is 2.58. The molecule has 62 heavy (non-hydrogen) atoms. The number of carbonyl (C=O) groups is 4. The number of esters is 1. The third-order valence-corrected chi connectivity index (χ3v) is 10.4. The maximum Gasteiger partial charge on any atom is 0.418 e. The van der Waals surface area contributed by atoms with E-state index < -0.39 is 75.5 Å². The van der Waals surface area contributed by atoms with Gasteiger partial charge < -0.3 is 57.6 Å². The Labute approximate surface area is 380 Å². The van der Waals surface area contributed by atoms with Gasteiger partial charge in [0.25, 0.3) is 17.9 Å². The molecule has 1 aromatic carbocycles. The number of aromatic nitrogens is 3. The molecule has 0 saturated carbocycles. The Balaban J connectivity index is 0.00000845. The fourth-order valence-corrected chi connectivity index (χ4v) is 7.12. The third-order valence-electron chi connectivity index (χ3n) is 9.27. The van der Waals surface area contributed by atoms with Crippen molar-refractivity contribution in [1.82, 2.24) is 25.1 Å². The molecule has 4 heterocycles. The monoisotopic (exact) mass is 1020 g/mol. The summed E-state index contributed by atoms with van der Waals surface area (Å²) in [5, 5.41) is 15.2. The van der Waals surface area contributed by atoms with Gasteiger partial charge in [-0.15, -0.1) is 15.6 Å². The summed E-state index contributed by atoms with van der Waals surface area (Å²) in [6.45, 7) is 17.4. The molecule has 2 saturated heterocycles. The Bertz CT molecular complexity index is 2210. The highest BCUT2D eigenvalue weighted by molar-refractivity contribution is 7.80. The summed E-state index contributed by atoms with van der Waals surface area (Å²) in [5.74, 6) is -2.57. The molecule has 0 bridgehead atoms. The highest BCUT2D eigenvalue weighted by atomic mass is 127. The number of hydrogen-bond donors (Lipinski definition) is 3. The fraction of sp³-hybridized carbons (Fsp3) is 0.553. The Morgan fingerprint density at radius 1 is 1.06 bits per heavy atom. The molecule has 2 atom stereocenters. The molecular weight excluding hydrogens is 967 g/mol. The molecule has 0 unspecified atom stereocenters. The van der Waals surface area contributed by atoms with Gasteiger partial charge in [-0.2, -0.15) is 18.6 Å². The van der Waals surface area contributed by atoms with Crippen molar-refractivity contribution >= 4 is 56.5 Å². The number of rotatable bonds is 16. The number of hydrogen-bond acceptors (Lipinski definition) is 16. The van der Waals surface area contributed by atoms with E-state index in [2.05, 4.69) is 37.2 Å². The van der Waals surface area contributed by atoms with E-state index >= 15 is 0 Å². The number of nitrogens with zero attached hydrogens (tertiary/aromatic N) is 6. The number of anilines is 1. The minimum Gasteiger partial charge on any atom is -1.00 e. The van der Waals surface area contributed by atoms with Gasteiger partial charge in [-0.05, 0) is 73.1 Å². The lowest BCUT2D eigenvalue weighted by atomic mass is 9.84. The molecular formula is C38H53IN8O13S2. The topological polar surface area (TPSA) is 248 Å². The van der Waals surface area contributed by atoms with E-state index in [1.807, 2.05) is 23.0 Å². The van der Waals surface area contributed by atoms with Gasteiger partial charge in [0.05, 0.1) is 45.1 Å². The number of thiazole rings is 1. The quantitative estimate of drug-likeness (QED) is 0.0330. The second kappa shape index (κ2) is 19.9. The van der Waals surface area contributed by atoms with Crippen LogP contribution in [0.5, 0.6) is 5.75 Å². The van der Waals surface area contributed by atoms with Crippen LogP contribution in [0.4, 0.5) is 9.93 Å². The number of benzene rings is 1. The molecule has 2 aromatic heterocycles. The number of carbonyl (C=O) groups excluding carboxylic acids is 4. The smallest absolute Gasteiger partial charge is 0.418 e. The van der Waals surface area contributed by atoms with Crippen LogP contribution in [0.3, 0.4) is 0 Å². The molecule has 0 aliphatic carbocycles. The number of amides is 3. The summed E-state index contributed by atoms with van der Waals surface area (Å²) >= 11 is 0.904. The standard InChI is InChI=1S/C38H52N8O13S2.HI/c1-36(2,3)56-33(49)28(22-55-26-12-10-24(11-13-26)25-20-39-44(21-25)14-15-46(9)16-18-54-19-17-46)58-43-29(27-23-60-34(40-27)42-35(50)57-37(4,5)6)31(47)41-30-32(48)45(38(30,7)8)59-61(51,52)53;/h10-13,20-21,23,28,30H,14-19,22H2,1-9H3,(H2-,40,41,42,47,50,51,52,53);1H/b43-29-;/t28-,30+;/m0./s1. The van der Waals surface area contributed by atoms with Crippen LogP contribution >= 0.6 is 11.3 Å². The first-order chi connectivity index (χ1) is 28.3. The first-order valence-electron chi connectivity index (χ1n) is 19.2. The SMILES string of the molecule is CC(C)(C)OC(=O)Nc1nc(/C(=N/O[C@@H](COc2ccc(-c3cnn(CC[N+]4(C)CCOCC4)c3)cc2)C(=O)OC(C)(C)C)C(=O)N[C@@H]2C(=O)N(OS(=O)(=O)O)C2(C)C)cs1.[I-]. The molecule has 3 N–H and O–H groups in total. The number of likely N-dealkylation sites (N-methyl/N-ethyl adjacent to an activating group) is 1. The van der Waals surface area contributed by atoms with E-state index in [9.17, 15) is 27.6 Å².